The van der Waals surface area contributed by atoms with Gasteiger partial charge in [0.05, 0.1) is 0 Å². The van der Waals surface area contributed by atoms with Gasteiger partial charge in [-0.05, 0) is 37.3 Å². The van der Waals surface area contributed by atoms with Crippen molar-refractivity contribution in [2.75, 3.05) is 19.7 Å². The zero-order valence-electron chi connectivity index (χ0n) is 11.3. The minimum atomic E-state index is -0.450. The standard InChI is InChI=1S/C15H23NO2/c1-12-3-5-14(6-4-12)18-10-13(17)9-16-11-15(2)7-8-15/h3-6,13,16-17H,7-11H2,1-2H3. The highest BCUT2D eigenvalue weighted by Crippen LogP contribution is 2.43. The molecule has 0 aromatic heterocycles. The Morgan fingerprint density at radius 2 is 2.00 bits per heavy atom. The number of hydrogen-bond donors (Lipinski definition) is 2. The zero-order valence-corrected chi connectivity index (χ0v) is 11.3. The van der Waals surface area contributed by atoms with Gasteiger partial charge in [0, 0.05) is 13.1 Å². The number of ether oxygens (including phenoxy) is 1. The van der Waals surface area contributed by atoms with E-state index in [1.165, 1.54) is 18.4 Å². The summed E-state index contributed by atoms with van der Waals surface area (Å²) in [6.45, 7) is 6.25. The lowest BCUT2D eigenvalue weighted by atomic mass is 10.1. The summed E-state index contributed by atoms with van der Waals surface area (Å²) in [5.74, 6) is 0.814. The predicted molar refractivity (Wildman–Crippen MR) is 72.9 cm³/mol. The molecule has 0 heterocycles. The topological polar surface area (TPSA) is 41.5 Å². The summed E-state index contributed by atoms with van der Waals surface area (Å²) < 4.78 is 5.53. The largest absolute Gasteiger partial charge is 0.491 e. The van der Waals surface area contributed by atoms with Gasteiger partial charge in [0.15, 0.2) is 0 Å². The van der Waals surface area contributed by atoms with Crippen LogP contribution in [0.4, 0.5) is 0 Å². The smallest absolute Gasteiger partial charge is 0.119 e. The Morgan fingerprint density at radius 1 is 1.33 bits per heavy atom. The minimum absolute atomic E-state index is 0.340. The highest BCUT2D eigenvalue weighted by molar-refractivity contribution is 5.26. The van der Waals surface area contributed by atoms with Crippen molar-refractivity contribution in [1.82, 2.24) is 5.32 Å². The first kappa shape index (κ1) is 13.4. The van der Waals surface area contributed by atoms with Gasteiger partial charge in [0.1, 0.15) is 18.5 Å². The second-order valence-corrected chi connectivity index (χ2v) is 5.72. The normalized spacial score (nSPS) is 18.4. The van der Waals surface area contributed by atoms with Crippen molar-refractivity contribution in [2.45, 2.75) is 32.8 Å². The third kappa shape index (κ3) is 4.31. The molecule has 0 bridgehead atoms. The Kier molecular flexibility index (Phi) is 4.25. The molecule has 18 heavy (non-hydrogen) atoms. The monoisotopic (exact) mass is 249 g/mol. The molecule has 1 unspecified atom stereocenters. The van der Waals surface area contributed by atoms with Gasteiger partial charge in [0.25, 0.3) is 0 Å². The molecule has 1 atom stereocenters. The van der Waals surface area contributed by atoms with E-state index in [1.807, 2.05) is 31.2 Å². The molecule has 0 amide bonds. The van der Waals surface area contributed by atoms with E-state index in [-0.39, 0.29) is 0 Å². The van der Waals surface area contributed by atoms with E-state index >= 15 is 0 Å². The molecule has 0 radical (unpaired) electrons. The molecule has 1 fully saturated rings. The quantitative estimate of drug-likeness (QED) is 0.778. The van der Waals surface area contributed by atoms with Crippen molar-refractivity contribution >= 4 is 0 Å². The molecule has 1 aromatic carbocycles. The molecular weight excluding hydrogens is 226 g/mol. The van der Waals surface area contributed by atoms with Crippen molar-refractivity contribution < 1.29 is 9.84 Å². The summed E-state index contributed by atoms with van der Waals surface area (Å²) in [6.07, 6.45) is 2.15. The fraction of sp³-hybridized carbons (Fsp3) is 0.600. The van der Waals surface area contributed by atoms with Crippen LogP contribution in [-0.2, 0) is 0 Å². The van der Waals surface area contributed by atoms with Gasteiger partial charge in [-0.15, -0.1) is 0 Å². The molecule has 3 heteroatoms. The maximum absolute atomic E-state index is 9.79. The number of aryl methyl sites for hydroxylation is 1. The number of aliphatic hydroxyl groups is 1. The van der Waals surface area contributed by atoms with E-state index in [4.69, 9.17) is 4.74 Å². The Morgan fingerprint density at radius 3 is 2.61 bits per heavy atom. The molecule has 0 saturated heterocycles. The maximum Gasteiger partial charge on any atom is 0.119 e. The summed E-state index contributed by atoms with van der Waals surface area (Å²) in [5.41, 5.74) is 1.69. The average Bonchev–Trinajstić information content (AvgIpc) is 3.07. The van der Waals surface area contributed by atoms with Crippen molar-refractivity contribution in [3.8, 4) is 5.75 Å². The fourth-order valence-electron chi connectivity index (χ4n) is 1.82. The van der Waals surface area contributed by atoms with Crippen LogP contribution in [0.2, 0.25) is 0 Å². The van der Waals surface area contributed by atoms with E-state index in [1.54, 1.807) is 0 Å². The van der Waals surface area contributed by atoms with Crippen LogP contribution in [-0.4, -0.2) is 30.9 Å². The van der Waals surface area contributed by atoms with Crippen LogP contribution in [0.1, 0.15) is 25.3 Å². The molecule has 1 aromatic rings. The molecule has 2 N–H and O–H groups in total. The third-order valence-electron chi connectivity index (χ3n) is 3.50. The van der Waals surface area contributed by atoms with Crippen LogP contribution in [0, 0.1) is 12.3 Å². The highest BCUT2D eigenvalue weighted by atomic mass is 16.5. The molecule has 1 aliphatic carbocycles. The van der Waals surface area contributed by atoms with Crippen molar-refractivity contribution in [3.63, 3.8) is 0 Å². The van der Waals surface area contributed by atoms with Crippen molar-refractivity contribution in [1.29, 1.82) is 0 Å². The lowest BCUT2D eigenvalue weighted by molar-refractivity contribution is 0.105. The fourth-order valence-corrected chi connectivity index (χ4v) is 1.82. The lowest BCUT2D eigenvalue weighted by Crippen LogP contribution is -2.34. The van der Waals surface area contributed by atoms with Gasteiger partial charge in [-0.2, -0.15) is 0 Å². The third-order valence-corrected chi connectivity index (χ3v) is 3.50. The minimum Gasteiger partial charge on any atom is -0.491 e. The number of benzene rings is 1. The first-order chi connectivity index (χ1) is 8.57. The maximum atomic E-state index is 9.79. The molecule has 3 nitrogen and oxygen atoms in total. The van der Waals surface area contributed by atoms with Crippen molar-refractivity contribution in [3.05, 3.63) is 29.8 Å². The van der Waals surface area contributed by atoms with E-state index in [0.29, 0.717) is 18.6 Å². The summed E-state index contributed by atoms with van der Waals surface area (Å²) in [4.78, 5) is 0. The van der Waals surface area contributed by atoms with E-state index in [0.717, 1.165) is 12.3 Å². The summed E-state index contributed by atoms with van der Waals surface area (Å²) in [5, 5.41) is 13.1. The highest BCUT2D eigenvalue weighted by Gasteiger charge is 2.36. The van der Waals surface area contributed by atoms with Gasteiger partial charge < -0.3 is 15.2 Å². The molecule has 100 valence electrons. The predicted octanol–water partition coefficient (Wildman–Crippen LogP) is 2.12. The summed E-state index contributed by atoms with van der Waals surface area (Å²) in [7, 11) is 0. The number of hydrogen-bond acceptors (Lipinski definition) is 3. The SMILES string of the molecule is Cc1ccc(OCC(O)CNCC2(C)CC2)cc1. The summed E-state index contributed by atoms with van der Waals surface area (Å²) >= 11 is 0. The van der Waals surface area contributed by atoms with Crippen LogP contribution in [0.25, 0.3) is 0 Å². The number of aliphatic hydroxyl groups excluding tert-OH is 1. The van der Waals surface area contributed by atoms with E-state index < -0.39 is 6.10 Å². The van der Waals surface area contributed by atoms with Crippen LogP contribution < -0.4 is 10.1 Å². The number of nitrogens with one attached hydrogen (secondary N) is 1. The first-order valence-electron chi connectivity index (χ1n) is 6.66. The Labute approximate surface area is 109 Å². The number of rotatable bonds is 7. The molecule has 1 aliphatic rings. The van der Waals surface area contributed by atoms with Gasteiger partial charge in [-0.3, -0.25) is 0 Å². The Hall–Kier alpha value is -1.06. The second kappa shape index (κ2) is 5.72. The summed E-state index contributed by atoms with van der Waals surface area (Å²) in [6, 6.07) is 7.88. The molecule has 0 spiro atoms. The van der Waals surface area contributed by atoms with Gasteiger partial charge in [-0.25, -0.2) is 0 Å². The molecular formula is C15H23NO2. The lowest BCUT2D eigenvalue weighted by Gasteiger charge is -2.15. The van der Waals surface area contributed by atoms with Gasteiger partial charge in [-0.1, -0.05) is 24.6 Å². The van der Waals surface area contributed by atoms with Gasteiger partial charge >= 0.3 is 0 Å². The van der Waals surface area contributed by atoms with Crippen LogP contribution in [0.5, 0.6) is 5.75 Å². The zero-order chi connectivity index (χ0) is 13.0. The average molecular weight is 249 g/mol. The van der Waals surface area contributed by atoms with Crippen molar-refractivity contribution in [2.24, 2.45) is 5.41 Å². The molecule has 0 aliphatic heterocycles. The Balaban J connectivity index is 1.61. The molecule has 1 saturated carbocycles. The first-order valence-corrected chi connectivity index (χ1v) is 6.66. The van der Waals surface area contributed by atoms with Crippen LogP contribution >= 0.6 is 0 Å². The second-order valence-electron chi connectivity index (χ2n) is 5.72. The van der Waals surface area contributed by atoms with Gasteiger partial charge in [0.2, 0.25) is 0 Å². The Bertz CT molecular complexity index is 371. The van der Waals surface area contributed by atoms with Crippen LogP contribution in [0.3, 0.4) is 0 Å². The van der Waals surface area contributed by atoms with E-state index in [2.05, 4.69) is 12.2 Å². The molecule has 2 rings (SSSR count). The van der Waals surface area contributed by atoms with E-state index in [9.17, 15) is 5.11 Å². The van der Waals surface area contributed by atoms with Crippen LogP contribution in [0.15, 0.2) is 24.3 Å².